The lowest BCUT2D eigenvalue weighted by atomic mass is 10.2. The maximum Gasteiger partial charge on any atom is 0.235 e. The molecule has 3 aromatic rings. The molecule has 2 aromatic heterocycles. The molecule has 0 aliphatic heterocycles. The first-order valence-corrected chi connectivity index (χ1v) is 8.67. The molecule has 0 spiro atoms. The highest BCUT2D eigenvalue weighted by Crippen LogP contribution is 2.27. The van der Waals surface area contributed by atoms with Gasteiger partial charge in [-0.05, 0) is 24.3 Å². The molecule has 0 saturated heterocycles. The highest BCUT2D eigenvalue weighted by molar-refractivity contribution is 7.98. The summed E-state index contributed by atoms with van der Waals surface area (Å²) in [5.74, 6) is 2.87. The Morgan fingerprint density at radius 1 is 1.35 bits per heavy atom. The summed E-state index contributed by atoms with van der Waals surface area (Å²) in [5.41, 5.74) is 1.01. The van der Waals surface area contributed by atoms with E-state index in [-0.39, 0.29) is 0 Å². The van der Waals surface area contributed by atoms with E-state index in [9.17, 15) is 0 Å². The van der Waals surface area contributed by atoms with Crippen LogP contribution in [-0.4, -0.2) is 25.6 Å². The van der Waals surface area contributed by atoms with Crippen LogP contribution in [0.15, 0.2) is 24.3 Å². The average Bonchev–Trinajstić information content (AvgIpc) is 3.00. The number of rotatable bonds is 5. The summed E-state index contributed by atoms with van der Waals surface area (Å²) in [5, 5.41) is 14.6. The van der Waals surface area contributed by atoms with Gasteiger partial charge in [0, 0.05) is 10.6 Å². The van der Waals surface area contributed by atoms with Crippen LogP contribution in [0.5, 0.6) is 0 Å². The Morgan fingerprint density at radius 2 is 2.25 bits per heavy atom. The normalized spacial score (nSPS) is 11.3. The van der Waals surface area contributed by atoms with Gasteiger partial charge in [0.2, 0.25) is 4.96 Å². The van der Waals surface area contributed by atoms with Crippen molar-refractivity contribution in [2.24, 2.45) is 0 Å². The summed E-state index contributed by atoms with van der Waals surface area (Å²) in [6.45, 7) is 2.17. The monoisotopic (exact) mass is 324 g/mol. The van der Waals surface area contributed by atoms with Crippen molar-refractivity contribution in [1.82, 2.24) is 19.8 Å². The number of thioether (sulfide) groups is 1. The maximum absolute atomic E-state index is 6.02. The molecule has 0 bridgehead atoms. The number of hydrogen-bond donors (Lipinski definition) is 0. The molecule has 0 N–H and O–H groups in total. The smallest absolute Gasteiger partial charge is 0.186 e. The molecular formula is C13H13ClN4S2. The summed E-state index contributed by atoms with van der Waals surface area (Å²) < 4.78 is 1.84. The van der Waals surface area contributed by atoms with Crippen LogP contribution in [0.3, 0.4) is 0 Å². The van der Waals surface area contributed by atoms with E-state index in [4.69, 9.17) is 11.6 Å². The van der Waals surface area contributed by atoms with Crippen LogP contribution in [0, 0.1) is 0 Å². The van der Waals surface area contributed by atoms with Crippen molar-refractivity contribution < 1.29 is 0 Å². The molecule has 0 unspecified atom stereocenters. The Balaban J connectivity index is 1.91. The summed E-state index contributed by atoms with van der Waals surface area (Å²) in [4.78, 5) is 0.826. The van der Waals surface area contributed by atoms with Crippen LogP contribution in [-0.2, 0) is 5.75 Å². The molecule has 7 heteroatoms. The highest BCUT2D eigenvalue weighted by Gasteiger charge is 2.12. The number of benzene rings is 1. The molecule has 2 heterocycles. The molecule has 0 aliphatic carbocycles. The summed E-state index contributed by atoms with van der Waals surface area (Å²) >= 11 is 9.40. The van der Waals surface area contributed by atoms with Gasteiger partial charge in [0.25, 0.3) is 0 Å². The van der Waals surface area contributed by atoms with Crippen molar-refractivity contribution in [3.05, 3.63) is 35.1 Å². The molecule has 104 valence electrons. The van der Waals surface area contributed by atoms with E-state index in [1.807, 2.05) is 40.5 Å². The topological polar surface area (TPSA) is 43.1 Å². The van der Waals surface area contributed by atoms with Crippen molar-refractivity contribution in [2.45, 2.75) is 19.1 Å². The molecule has 0 amide bonds. The van der Waals surface area contributed by atoms with E-state index in [1.54, 1.807) is 0 Å². The van der Waals surface area contributed by atoms with Crippen LogP contribution in [0.2, 0.25) is 5.02 Å². The lowest BCUT2D eigenvalue weighted by Crippen LogP contribution is -1.94. The van der Waals surface area contributed by atoms with Gasteiger partial charge in [0.1, 0.15) is 5.01 Å². The first-order valence-electron chi connectivity index (χ1n) is 6.32. The van der Waals surface area contributed by atoms with E-state index >= 15 is 0 Å². The fourth-order valence-corrected chi connectivity index (χ4v) is 3.63. The minimum atomic E-state index is 0.715. The number of fused-ring (bicyclic) bond motifs is 1. The number of halogens is 1. The summed E-state index contributed by atoms with van der Waals surface area (Å²) in [6.07, 6.45) is 1.16. The minimum absolute atomic E-state index is 0.715. The first kappa shape index (κ1) is 13.9. The van der Waals surface area contributed by atoms with Crippen molar-refractivity contribution in [3.63, 3.8) is 0 Å². The van der Waals surface area contributed by atoms with E-state index < -0.39 is 0 Å². The van der Waals surface area contributed by atoms with Crippen molar-refractivity contribution >= 4 is 39.7 Å². The average molecular weight is 325 g/mol. The third kappa shape index (κ3) is 2.82. The van der Waals surface area contributed by atoms with Crippen molar-refractivity contribution in [3.8, 4) is 10.6 Å². The number of aromatic nitrogens is 4. The van der Waals surface area contributed by atoms with Gasteiger partial charge in [-0.1, -0.05) is 42.0 Å². The quantitative estimate of drug-likeness (QED) is 0.661. The predicted molar refractivity (Wildman–Crippen MR) is 85.6 cm³/mol. The Labute approximate surface area is 130 Å². The van der Waals surface area contributed by atoms with Gasteiger partial charge in [0.05, 0.1) is 5.75 Å². The molecule has 4 nitrogen and oxygen atoms in total. The Hall–Kier alpha value is -1.11. The van der Waals surface area contributed by atoms with Gasteiger partial charge >= 0.3 is 0 Å². The fourth-order valence-electron chi connectivity index (χ4n) is 1.79. The van der Waals surface area contributed by atoms with Crippen LogP contribution in [0.25, 0.3) is 15.5 Å². The molecule has 0 aliphatic rings. The number of nitrogens with zero attached hydrogens (tertiary/aromatic N) is 4. The maximum atomic E-state index is 6.02. The third-order valence-electron chi connectivity index (χ3n) is 2.71. The lowest BCUT2D eigenvalue weighted by molar-refractivity contribution is 0.887. The molecule has 0 fully saturated rings. The standard InChI is InChI=1S/C13H13ClN4S2/c1-2-6-19-8-11-15-16-13-18(11)17-12(20-13)9-4-3-5-10(14)7-9/h3-5,7H,2,6,8H2,1H3. The second kappa shape index (κ2) is 6.11. The zero-order valence-electron chi connectivity index (χ0n) is 10.9. The minimum Gasteiger partial charge on any atom is -0.186 e. The molecular weight excluding hydrogens is 312 g/mol. The van der Waals surface area contributed by atoms with Gasteiger partial charge in [-0.3, -0.25) is 0 Å². The lowest BCUT2D eigenvalue weighted by Gasteiger charge is -1.97. The molecule has 0 atom stereocenters. The van der Waals surface area contributed by atoms with Gasteiger partial charge in [-0.15, -0.1) is 10.2 Å². The summed E-state index contributed by atoms with van der Waals surface area (Å²) in [6, 6.07) is 7.71. The van der Waals surface area contributed by atoms with Crippen LogP contribution in [0.1, 0.15) is 19.2 Å². The Kier molecular flexibility index (Phi) is 4.24. The molecule has 0 saturated carbocycles. The second-order valence-corrected chi connectivity index (χ2v) is 6.78. The molecule has 20 heavy (non-hydrogen) atoms. The summed E-state index contributed by atoms with van der Waals surface area (Å²) in [7, 11) is 0. The molecule has 3 rings (SSSR count). The Morgan fingerprint density at radius 3 is 3.05 bits per heavy atom. The highest BCUT2D eigenvalue weighted by atomic mass is 35.5. The Bertz CT molecular complexity index is 722. The van der Waals surface area contributed by atoms with Crippen molar-refractivity contribution in [1.29, 1.82) is 0 Å². The predicted octanol–water partition coefficient (Wildman–Crippen LogP) is 4.15. The first-order chi connectivity index (χ1) is 9.78. The zero-order chi connectivity index (χ0) is 13.9. The van der Waals surface area contributed by atoms with Crippen LogP contribution in [0.4, 0.5) is 0 Å². The van der Waals surface area contributed by atoms with E-state index in [1.165, 1.54) is 11.3 Å². The largest absolute Gasteiger partial charge is 0.235 e. The number of hydrogen-bond acceptors (Lipinski definition) is 5. The van der Waals surface area contributed by atoms with Crippen molar-refractivity contribution in [2.75, 3.05) is 5.75 Å². The SMILES string of the molecule is CCCSCc1nnc2sc(-c3cccc(Cl)c3)nn12. The second-order valence-electron chi connectivity index (χ2n) is 4.28. The third-order valence-corrected chi connectivity index (χ3v) is 5.05. The van der Waals surface area contributed by atoms with E-state index in [2.05, 4.69) is 22.2 Å². The zero-order valence-corrected chi connectivity index (χ0v) is 13.3. The van der Waals surface area contributed by atoms with Gasteiger partial charge in [-0.2, -0.15) is 21.4 Å². The van der Waals surface area contributed by atoms with Crippen LogP contribution < -0.4 is 0 Å². The fraction of sp³-hybridized carbons (Fsp3) is 0.308. The molecule has 0 radical (unpaired) electrons. The molecule has 1 aromatic carbocycles. The van der Waals surface area contributed by atoms with E-state index in [0.717, 1.165) is 39.3 Å². The van der Waals surface area contributed by atoms with Gasteiger partial charge in [-0.25, -0.2) is 0 Å². The van der Waals surface area contributed by atoms with E-state index in [0.29, 0.717) is 5.02 Å². The van der Waals surface area contributed by atoms with Crippen LogP contribution >= 0.6 is 34.7 Å². The van der Waals surface area contributed by atoms with Gasteiger partial charge < -0.3 is 0 Å². The van der Waals surface area contributed by atoms with Gasteiger partial charge in [0.15, 0.2) is 5.82 Å².